The Morgan fingerprint density at radius 2 is 2.16 bits per heavy atom. The van der Waals surface area contributed by atoms with E-state index in [-0.39, 0.29) is 17.9 Å². The minimum absolute atomic E-state index is 0.0290. The molecule has 1 saturated heterocycles. The molecule has 132 valence electrons. The number of benzene rings is 1. The normalized spacial score (nSPS) is 22.6. The summed E-state index contributed by atoms with van der Waals surface area (Å²) in [4.78, 5) is 12.2. The first kappa shape index (κ1) is 16.3. The highest BCUT2D eigenvalue weighted by atomic mass is 16.5. The highest BCUT2D eigenvalue weighted by molar-refractivity contribution is 5.79. The zero-order valence-corrected chi connectivity index (χ0v) is 14.2. The first-order chi connectivity index (χ1) is 12.3. The molecule has 0 radical (unpaired) electrons. The van der Waals surface area contributed by atoms with Crippen LogP contribution in [0, 0.1) is 5.92 Å². The summed E-state index contributed by atoms with van der Waals surface area (Å²) in [5.74, 6) is 0.0237. The van der Waals surface area contributed by atoms with Gasteiger partial charge >= 0.3 is 0 Å². The topological polar surface area (TPSA) is 65.4 Å². The number of amides is 1. The monoisotopic (exact) mass is 341 g/mol. The Bertz CT molecular complexity index is 723. The van der Waals surface area contributed by atoms with Crippen molar-refractivity contribution in [2.24, 2.45) is 5.92 Å². The first-order valence-electron chi connectivity index (χ1n) is 8.87. The number of rotatable bonds is 5. The lowest BCUT2D eigenvalue weighted by Crippen LogP contribution is -2.36. The molecule has 0 bridgehead atoms. The van der Waals surface area contributed by atoms with Crippen LogP contribution in [0.15, 0.2) is 36.5 Å². The van der Waals surface area contributed by atoms with E-state index >= 15 is 0 Å². The van der Waals surface area contributed by atoms with Crippen LogP contribution in [0.2, 0.25) is 0 Å². The number of hydrogen-bond donors (Lipinski definition) is 1. The van der Waals surface area contributed by atoms with E-state index in [1.165, 1.54) is 11.1 Å². The summed E-state index contributed by atoms with van der Waals surface area (Å²) in [5, 5.41) is 7.72. The van der Waals surface area contributed by atoms with E-state index in [0.29, 0.717) is 26.4 Å². The summed E-state index contributed by atoms with van der Waals surface area (Å²) < 4.78 is 13.1. The number of fused-ring (bicyclic) bond motifs is 1. The zero-order valence-electron chi connectivity index (χ0n) is 14.2. The number of carbonyl (C=O) groups is 1. The van der Waals surface area contributed by atoms with Crippen LogP contribution in [0.5, 0.6) is 0 Å². The molecule has 2 atom stereocenters. The van der Waals surface area contributed by atoms with Crippen LogP contribution in [0.3, 0.4) is 0 Å². The molecule has 1 fully saturated rings. The quantitative estimate of drug-likeness (QED) is 0.899. The van der Waals surface area contributed by atoms with Gasteiger partial charge in [0.2, 0.25) is 5.91 Å². The zero-order chi connectivity index (χ0) is 17.1. The molecule has 4 rings (SSSR count). The van der Waals surface area contributed by atoms with E-state index in [9.17, 15) is 4.79 Å². The SMILES string of the molecule is O=C(NC[C@H]1OCCc2cn(Cc3ccccc3)nc21)[C@H]1CCOC1. The summed E-state index contributed by atoms with van der Waals surface area (Å²) in [5.41, 5.74) is 3.38. The minimum Gasteiger partial charge on any atom is -0.381 e. The first-order valence-corrected chi connectivity index (χ1v) is 8.87. The molecular formula is C19H23N3O3. The van der Waals surface area contributed by atoms with Crippen molar-refractivity contribution in [1.29, 1.82) is 0 Å². The predicted octanol–water partition coefficient (Wildman–Crippen LogP) is 1.70. The fourth-order valence-electron chi connectivity index (χ4n) is 3.42. The van der Waals surface area contributed by atoms with Gasteiger partial charge in [0.25, 0.3) is 0 Å². The van der Waals surface area contributed by atoms with Crippen molar-refractivity contribution in [2.75, 3.05) is 26.4 Å². The molecular weight excluding hydrogens is 318 g/mol. The van der Waals surface area contributed by atoms with Gasteiger partial charge in [-0.15, -0.1) is 0 Å². The number of carbonyl (C=O) groups excluding carboxylic acids is 1. The number of nitrogens with one attached hydrogen (secondary N) is 1. The lowest BCUT2D eigenvalue weighted by atomic mass is 10.1. The van der Waals surface area contributed by atoms with E-state index < -0.39 is 0 Å². The molecule has 2 aliphatic heterocycles. The van der Waals surface area contributed by atoms with Gasteiger partial charge in [-0.1, -0.05) is 30.3 Å². The Labute approximate surface area is 147 Å². The average molecular weight is 341 g/mol. The van der Waals surface area contributed by atoms with Crippen molar-refractivity contribution < 1.29 is 14.3 Å². The molecule has 0 aliphatic carbocycles. The maximum Gasteiger partial charge on any atom is 0.225 e. The van der Waals surface area contributed by atoms with Crippen molar-refractivity contribution in [2.45, 2.75) is 25.5 Å². The number of nitrogens with zero attached hydrogens (tertiary/aromatic N) is 2. The molecule has 6 nitrogen and oxygen atoms in total. The molecule has 25 heavy (non-hydrogen) atoms. The van der Waals surface area contributed by atoms with Crippen molar-refractivity contribution in [3.63, 3.8) is 0 Å². The fraction of sp³-hybridized carbons (Fsp3) is 0.474. The van der Waals surface area contributed by atoms with Gasteiger partial charge in [0.15, 0.2) is 0 Å². The van der Waals surface area contributed by atoms with Crippen LogP contribution in [0.1, 0.15) is 29.3 Å². The van der Waals surface area contributed by atoms with Gasteiger partial charge in [0.05, 0.1) is 31.4 Å². The summed E-state index contributed by atoms with van der Waals surface area (Å²) in [6, 6.07) is 10.3. The van der Waals surface area contributed by atoms with Crippen molar-refractivity contribution in [3.8, 4) is 0 Å². The average Bonchev–Trinajstić information content (AvgIpc) is 3.30. The molecule has 0 spiro atoms. The standard InChI is InChI=1S/C19H23N3O3/c23-19(16-6-8-24-13-16)20-10-17-18-15(7-9-25-17)12-22(21-18)11-14-4-2-1-3-5-14/h1-5,12,16-17H,6-11,13H2,(H,20,23)/t16-,17+/m0/s1. The van der Waals surface area contributed by atoms with Crippen molar-refractivity contribution in [3.05, 3.63) is 53.3 Å². The van der Waals surface area contributed by atoms with Gasteiger partial charge in [0, 0.05) is 19.3 Å². The second-order valence-corrected chi connectivity index (χ2v) is 6.64. The van der Waals surface area contributed by atoms with Gasteiger partial charge < -0.3 is 14.8 Å². The van der Waals surface area contributed by atoms with Crippen LogP contribution >= 0.6 is 0 Å². The van der Waals surface area contributed by atoms with Crippen LogP contribution in [-0.4, -0.2) is 42.1 Å². The van der Waals surface area contributed by atoms with Crippen molar-refractivity contribution in [1.82, 2.24) is 15.1 Å². The van der Waals surface area contributed by atoms with Gasteiger partial charge in [0.1, 0.15) is 6.10 Å². The Morgan fingerprint density at radius 3 is 2.96 bits per heavy atom. The molecule has 1 amide bonds. The van der Waals surface area contributed by atoms with Gasteiger partial charge in [-0.25, -0.2) is 0 Å². The molecule has 3 heterocycles. The van der Waals surface area contributed by atoms with Crippen LogP contribution in [-0.2, 0) is 27.2 Å². The second-order valence-electron chi connectivity index (χ2n) is 6.64. The summed E-state index contributed by atoms with van der Waals surface area (Å²) in [6.45, 7) is 3.06. The van der Waals surface area contributed by atoms with E-state index in [2.05, 4.69) is 23.6 Å². The molecule has 2 aliphatic rings. The maximum absolute atomic E-state index is 12.2. The Balaban J connectivity index is 1.41. The Kier molecular flexibility index (Phi) is 4.81. The Hall–Kier alpha value is -2.18. The fourth-order valence-corrected chi connectivity index (χ4v) is 3.42. The minimum atomic E-state index is -0.174. The summed E-state index contributed by atoms with van der Waals surface area (Å²) in [6.07, 6.45) is 3.59. The maximum atomic E-state index is 12.2. The molecule has 1 aromatic heterocycles. The highest BCUT2D eigenvalue weighted by Gasteiger charge is 2.28. The number of aromatic nitrogens is 2. The van der Waals surface area contributed by atoms with E-state index in [0.717, 1.165) is 25.1 Å². The number of ether oxygens (including phenoxy) is 2. The van der Waals surface area contributed by atoms with Gasteiger partial charge in [-0.2, -0.15) is 5.10 Å². The second kappa shape index (κ2) is 7.37. The van der Waals surface area contributed by atoms with Crippen LogP contribution in [0.4, 0.5) is 0 Å². The molecule has 2 aromatic rings. The van der Waals surface area contributed by atoms with E-state index in [1.807, 2.05) is 22.9 Å². The Morgan fingerprint density at radius 1 is 1.28 bits per heavy atom. The lowest BCUT2D eigenvalue weighted by molar-refractivity contribution is -0.125. The van der Waals surface area contributed by atoms with Gasteiger partial charge in [-0.3, -0.25) is 9.48 Å². The highest BCUT2D eigenvalue weighted by Crippen LogP contribution is 2.25. The summed E-state index contributed by atoms with van der Waals surface area (Å²) >= 11 is 0. The van der Waals surface area contributed by atoms with Crippen LogP contribution in [0.25, 0.3) is 0 Å². The predicted molar refractivity (Wildman–Crippen MR) is 92.1 cm³/mol. The summed E-state index contributed by atoms with van der Waals surface area (Å²) in [7, 11) is 0. The molecule has 6 heteroatoms. The van der Waals surface area contributed by atoms with Crippen molar-refractivity contribution >= 4 is 5.91 Å². The molecule has 1 aromatic carbocycles. The molecule has 0 saturated carbocycles. The third-order valence-corrected chi connectivity index (χ3v) is 4.82. The van der Waals surface area contributed by atoms with E-state index in [4.69, 9.17) is 14.6 Å². The smallest absolute Gasteiger partial charge is 0.225 e. The lowest BCUT2D eigenvalue weighted by Gasteiger charge is -2.22. The van der Waals surface area contributed by atoms with Gasteiger partial charge in [-0.05, 0) is 24.0 Å². The third-order valence-electron chi connectivity index (χ3n) is 4.82. The number of hydrogen-bond acceptors (Lipinski definition) is 4. The third kappa shape index (κ3) is 3.75. The molecule has 0 unspecified atom stereocenters. The largest absolute Gasteiger partial charge is 0.381 e. The van der Waals surface area contributed by atoms with Crippen LogP contribution < -0.4 is 5.32 Å². The molecule has 1 N–H and O–H groups in total. The van der Waals surface area contributed by atoms with E-state index in [1.54, 1.807) is 0 Å².